The highest BCUT2D eigenvalue weighted by Crippen LogP contribution is 2.37. The van der Waals surface area contributed by atoms with Crippen LogP contribution < -0.4 is 4.74 Å². The molecule has 0 saturated carbocycles. The molecule has 0 radical (unpaired) electrons. The number of thioether (sulfide) groups is 1. The van der Waals surface area contributed by atoms with Crippen molar-refractivity contribution in [3.8, 4) is 17.1 Å². The molecule has 4 rings (SSSR count). The zero-order chi connectivity index (χ0) is 22.8. The smallest absolute Gasteiger partial charge is 0.293 e. The first-order chi connectivity index (χ1) is 15.4. The molecule has 0 N–H and O–H groups in total. The number of imide groups is 1. The third-order valence-electron chi connectivity index (χ3n) is 5.02. The molecule has 2 aromatic carbocycles. The molecule has 3 aromatic rings. The van der Waals surface area contributed by atoms with Crippen molar-refractivity contribution in [2.24, 2.45) is 0 Å². The van der Waals surface area contributed by atoms with Crippen LogP contribution in [0.25, 0.3) is 17.4 Å². The average Bonchev–Trinajstić information content (AvgIpc) is 3.35. The number of nitro groups is 1. The molecule has 0 aliphatic carbocycles. The summed E-state index contributed by atoms with van der Waals surface area (Å²) in [7, 11) is 1.46. The number of non-ortho nitro benzene ring substituents is 1. The summed E-state index contributed by atoms with van der Waals surface area (Å²) in [4.78, 5) is 37.3. The van der Waals surface area contributed by atoms with E-state index in [4.69, 9.17) is 9.15 Å². The van der Waals surface area contributed by atoms with Crippen LogP contribution in [0.4, 0.5) is 10.5 Å². The molecule has 8 nitrogen and oxygen atoms in total. The third-order valence-corrected chi connectivity index (χ3v) is 5.93. The molecule has 0 unspecified atom stereocenters. The number of hydrogen-bond donors (Lipinski definition) is 0. The van der Waals surface area contributed by atoms with E-state index in [9.17, 15) is 19.7 Å². The Morgan fingerprint density at radius 2 is 1.94 bits per heavy atom. The molecule has 1 aliphatic rings. The van der Waals surface area contributed by atoms with Gasteiger partial charge in [-0.15, -0.1) is 0 Å². The molecule has 9 heteroatoms. The molecule has 1 aromatic heterocycles. The van der Waals surface area contributed by atoms with Crippen LogP contribution in [0.1, 0.15) is 16.9 Å². The molecule has 32 heavy (non-hydrogen) atoms. The average molecular weight is 450 g/mol. The Morgan fingerprint density at radius 3 is 2.66 bits per heavy atom. The zero-order valence-corrected chi connectivity index (χ0v) is 18.0. The normalized spacial score (nSPS) is 14.9. The maximum atomic E-state index is 12.8. The predicted octanol–water partition coefficient (Wildman–Crippen LogP) is 5.41. The van der Waals surface area contributed by atoms with Gasteiger partial charge in [-0.25, -0.2) is 0 Å². The van der Waals surface area contributed by atoms with E-state index in [1.165, 1.54) is 36.3 Å². The number of ether oxygens (including phenoxy) is 1. The molecule has 0 spiro atoms. The second kappa shape index (κ2) is 8.72. The maximum absolute atomic E-state index is 12.8. The van der Waals surface area contributed by atoms with E-state index in [-0.39, 0.29) is 22.4 Å². The number of carbonyl (C=O) groups excluding carboxylic acids is 2. The minimum atomic E-state index is -0.503. The first-order valence-corrected chi connectivity index (χ1v) is 10.4. The van der Waals surface area contributed by atoms with Crippen molar-refractivity contribution in [3.63, 3.8) is 0 Å². The van der Waals surface area contributed by atoms with Crippen LogP contribution >= 0.6 is 11.8 Å². The van der Waals surface area contributed by atoms with E-state index in [1.807, 2.05) is 31.2 Å². The molecule has 1 fully saturated rings. The first kappa shape index (κ1) is 21.4. The number of amides is 2. The molecule has 0 atom stereocenters. The summed E-state index contributed by atoms with van der Waals surface area (Å²) >= 11 is 0.845. The zero-order valence-electron chi connectivity index (χ0n) is 17.2. The van der Waals surface area contributed by atoms with Gasteiger partial charge in [0.05, 0.1) is 29.0 Å². The van der Waals surface area contributed by atoms with Gasteiger partial charge in [-0.05, 0) is 48.0 Å². The van der Waals surface area contributed by atoms with Crippen molar-refractivity contribution >= 4 is 34.7 Å². The Labute approximate surface area is 187 Å². The van der Waals surface area contributed by atoms with Crippen molar-refractivity contribution in [2.75, 3.05) is 7.11 Å². The van der Waals surface area contributed by atoms with Crippen molar-refractivity contribution in [1.82, 2.24) is 4.90 Å². The first-order valence-electron chi connectivity index (χ1n) is 9.60. The third kappa shape index (κ3) is 4.15. The van der Waals surface area contributed by atoms with Crippen LogP contribution in [0.5, 0.6) is 5.75 Å². The molecule has 2 amide bonds. The van der Waals surface area contributed by atoms with E-state index in [0.717, 1.165) is 22.9 Å². The minimum Gasteiger partial charge on any atom is -0.496 e. The van der Waals surface area contributed by atoms with Crippen molar-refractivity contribution in [2.45, 2.75) is 13.5 Å². The lowest BCUT2D eigenvalue weighted by Gasteiger charge is -2.14. The molecule has 0 bridgehead atoms. The number of hydrogen-bond acceptors (Lipinski definition) is 7. The number of carbonyl (C=O) groups is 2. The van der Waals surface area contributed by atoms with Crippen LogP contribution in [0.2, 0.25) is 0 Å². The summed E-state index contributed by atoms with van der Waals surface area (Å²) in [6, 6.07) is 15.0. The summed E-state index contributed by atoms with van der Waals surface area (Å²) in [6.45, 7) is 2.12. The summed E-state index contributed by atoms with van der Waals surface area (Å²) in [5.74, 6) is 0.704. The standard InChI is InChI=1S/C23H18N2O6S/c1-14-5-3-4-6-15(14)13-24-22(26)21(32-23(24)27)12-17-8-10-20(31-17)18-11-16(25(28)29)7-9-19(18)30-2/h3-12H,13H2,1-2H3/b21-12-. The Hall–Kier alpha value is -3.85. The summed E-state index contributed by atoms with van der Waals surface area (Å²) in [6.07, 6.45) is 1.50. The summed E-state index contributed by atoms with van der Waals surface area (Å²) in [5, 5.41) is 10.8. The molecule has 1 aliphatic heterocycles. The SMILES string of the molecule is COc1ccc([N+](=O)[O-])cc1-c1ccc(/C=C2\SC(=O)N(Cc3ccccc3C)C2=O)o1. The van der Waals surface area contributed by atoms with Crippen LogP contribution in [-0.4, -0.2) is 28.1 Å². The highest BCUT2D eigenvalue weighted by molar-refractivity contribution is 8.18. The van der Waals surface area contributed by atoms with Gasteiger partial charge in [0, 0.05) is 18.2 Å². The lowest BCUT2D eigenvalue weighted by atomic mass is 10.1. The second-order valence-electron chi connectivity index (χ2n) is 7.04. The number of methoxy groups -OCH3 is 1. The van der Waals surface area contributed by atoms with E-state index >= 15 is 0 Å². The number of rotatable bonds is 6. The number of nitrogens with zero attached hydrogens (tertiary/aromatic N) is 2. The van der Waals surface area contributed by atoms with Gasteiger partial charge in [0.2, 0.25) is 0 Å². The van der Waals surface area contributed by atoms with E-state index < -0.39 is 10.8 Å². The van der Waals surface area contributed by atoms with E-state index in [1.54, 1.807) is 12.1 Å². The lowest BCUT2D eigenvalue weighted by Crippen LogP contribution is -2.27. The number of nitro benzene ring substituents is 1. The Kier molecular flexibility index (Phi) is 5.83. The number of aryl methyl sites for hydroxylation is 1. The maximum Gasteiger partial charge on any atom is 0.293 e. The fraction of sp³-hybridized carbons (Fsp3) is 0.130. The van der Waals surface area contributed by atoms with Gasteiger partial charge < -0.3 is 9.15 Å². The lowest BCUT2D eigenvalue weighted by molar-refractivity contribution is -0.384. The van der Waals surface area contributed by atoms with Gasteiger partial charge in [-0.2, -0.15) is 0 Å². The van der Waals surface area contributed by atoms with Gasteiger partial charge in [-0.1, -0.05) is 24.3 Å². The molecule has 1 saturated heterocycles. The monoisotopic (exact) mass is 450 g/mol. The fourth-order valence-corrected chi connectivity index (χ4v) is 4.12. The van der Waals surface area contributed by atoms with Crippen LogP contribution in [-0.2, 0) is 11.3 Å². The van der Waals surface area contributed by atoms with Crippen LogP contribution in [0.15, 0.2) is 63.9 Å². The van der Waals surface area contributed by atoms with Crippen molar-refractivity contribution in [3.05, 3.63) is 86.5 Å². The summed E-state index contributed by atoms with van der Waals surface area (Å²) < 4.78 is 11.1. The molecule has 2 heterocycles. The molecule has 162 valence electrons. The Bertz CT molecular complexity index is 1260. The van der Waals surface area contributed by atoms with Crippen LogP contribution in [0.3, 0.4) is 0 Å². The summed E-state index contributed by atoms with van der Waals surface area (Å²) in [5.41, 5.74) is 2.20. The van der Waals surface area contributed by atoms with Gasteiger partial charge >= 0.3 is 0 Å². The predicted molar refractivity (Wildman–Crippen MR) is 120 cm³/mol. The quantitative estimate of drug-likeness (QED) is 0.281. The van der Waals surface area contributed by atoms with Gasteiger partial charge in [0.25, 0.3) is 16.8 Å². The topological polar surface area (TPSA) is 103 Å². The van der Waals surface area contributed by atoms with Crippen molar-refractivity contribution in [1.29, 1.82) is 0 Å². The van der Waals surface area contributed by atoms with Crippen LogP contribution in [0, 0.1) is 17.0 Å². The minimum absolute atomic E-state index is 0.101. The fourth-order valence-electron chi connectivity index (χ4n) is 3.30. The van der Waals surface area contributed by atoms with Gasteiger partial charge in [0.15, 0.2) is 0 Å². The number of benzene rings is 2. The van der Waals surface area contributed by atoms with Crippen molar-refractivity contribution < 1.29 is 23.7 Å². The van der Waals surface area contributed by atoms with Gasteiger partial charge in [0.1, 0.15) is 17.3 Å². The Morgan fingerprint density at radius 1 is 1.16 bits per heavy atom. The largest absolute Gasteiger partial charge is 0.496 e. The Balaban J connectivity index is 1.59. The second-order valence-corrected chi connectivity index (χ2v) is 8.03. The highest BCUT2D eigenvalue weighted by Gasteiger charge is 2.35. The highest BCUT2D eigenvalue weighted by atomic mass is 32.2. The van der Waals surface area contributed by atoms with Gasteiger partial charge in [-0.3, -0.25) is 24.6 Å². The van der Waals surface area contributed by atoms with E-state index in [2.05, 4.69) is 0 Å². The number of furan rings is 1. The molecular weight excluding hydrogens is 432 g/mol. The van der Waals surface area contributed by atoms with E-state index in [0.29, 0.717) is 22.8 Å². The molecular formula is C23H18N2O6S.